The van der Waals surface area contributed by atoms with Crippen molar-refractivity contribution < 1.29 is 19.8 Å². The van der Waals surface area contributed by atoms with E-state index in [0.29, 0.717) is 0 Å². The zero-order valence-electron chi connectivity index (χ0n) is 12.7. The van der Waals surface area contributed by atoms with E-state index in [-0.39, 0.29) is 0 Å². The molecule has 0 bridgehead atoms. The molecular formula is C15H23N3O4. The highest BCUT2D eigenvalue weighted by atomic mass is 16.4. The maximum Gasteiger partial charge on any atom is 0.414 e. The minimum atomic E-state index is -1.82. The first-order valence-electron chi connectivity index (χ1n) is 7.34. The van der Waals surface area contributed by atoms with Crippen molar-refractivity contribution in [1.29, 1.82) is 0 Å². The molecule has 1 fully saturated rings. The van der Waals surface area contributed by atoms with E-state index in [9.17, 15) is 0 Å². The topological polar surface area (TPSA) is 103 Å². The van der Waals surface area contributed by atoms with Crippen molar-refractivity contribution in [1.82, 2.24) is 15.2 Å². The highest BCUT2D eigenvalue weighted by Crippen LogP contribution is 2.15. The Morgan fingerprint density at radius 2 is 1.95 bits per heavy atom. The van der Waals surface area contributed by atoms with E-state index in [1.54, 1.807) is 0 Å². The monoisotopic (exact) mass is 309 g/mol. The van der Waals surface area contributed by atoms with Gasteiger partial charge in [-0.25, -0.2) is 9.59 Å². The quantitative estimate of drug-likeness (QED) is 0.692. The summed E-state index contributed by atoms with van der Waals surface area (Å²) in [5, 5.41) is 18.3. The summed E-state index contributed by atoms with van der Waals surface area (Å²) >= 11 is 0. The largest absolute Gasteiger partial charge is 0.473 e. The second kappa shape index (κ2) is 9.86. The van der Waals surface area contributed by atoms with Crippen LogP contribution >= 0.6 is 0 Å². The first-order chi connectivity index (χ1) is 10.5. The number of pyridine rings is 1. The third-order valence-electron chi connectivity index (χ3n) is 3.55. The first kappa shape index (κ1) is 18.1. The molecule has 7 nitrogen and oxygen atoms in total. The third-order valence-corrected chi connectivity index (χ3v) is 3.55. The Hall–Kier alpha value is -1.99. The minimum absolute atomic E-state index is 0.742. The van der Waals surface area contributed by atoms with E-state index >= 15 is 0 Å². The summed E-state index contributed by atoms with van der Waals surface area (Å²) in [6.07, 6.45) is 6.41. The van der Waals surface area contributed by atoms with Crippen molar-refractivity contribution in [3.05, 3.63) is 30.1 Å². The van der Waals surface area contributed by atoms with Crippen molar-refractivity contribution in [2.45, 2.75) is 32.4 Å². The number of carbonyl (C=O) groups is 2. The molecule has 1 atom stereocenters. The van der Waals surface area contributed by atoms with Gasteiger partial charge in [0.1, 0.15) is 0 Å². The number of carboxylic acid groups (broad SMARTS) is 2. The summed E-state index contributed by atoms with van der Waals surface area (Å²) in [4.78, 5) is 24.8. The van der Waals surface area contributed by atoms with Gasteiger partial charge in [0.25, 0.3) is 0 Å². The van der Waals surface area contributed by atoms with E-state index in [0.717, 1.165) is 19.1 Å². The summed E-state index contributed by atoms with van der Waals surface area (Å²) in [6, 6.07) is 4.88. The van der Waals surface area contributed by atoms with Crippen LogP contribution in [0.15, 0.2) is 24.5 Å². The Bertz CT molecular complexity index is 455. The van der Waals surface area contributed by atoms with Gasteiger partial charge >= 0.3 is 11.9 Å². The average molecular weight is 309 g/mol. The van der Waals surface area contributed by atoms with Gasteiger partial charge in [-0.15, -0.1) is 0 Å². The second-order valence-corrected chi connectivity index (χ2v) is 5.02. The Labute approximate surface area is 130 Å². The molecule has 0 aliphatic carbocycles. The van der Waals surface area contributed by atoms with Crippen LogP contribution in [0.5, 0.6) is 0 Å². The number of likely N-dealkylation sites (N-methyl/N-ethyl adjacent to an activating group) is 1. The molecule has 7 heteroatoms. The fourth-order valence-corrected chi connectivity index (χ4v) is 2.43. The van der Waals surface area contributed by atoms with E-state index in [1.165, 1.54) is 31.5 Å². The summed E-state index contributed by atoms with van der Waals surface area (Å²) in [6.45, 7) is 6.77. The molecule has 1 unspecified atom stereocenters. The molecule has 122 valence electrons. The smallest absolute Gasteiger partial charge is 0.414 e. The van der Waals surface area contributed by atoms with Gasteiger partial charge in [0, 0.05) is 31.5 Å². The minimum Gasteiger partial charge on any atom is -0.473 e. The Morgan fingerprint density at radius 1 is 1.32 bits per heavy atom. The normalized spacial score (nSPS) is 17.6. The van der Waals surface area contributed by atoms with Crippen LogP contribution in [0.25, 0.3) is 0 Å². The van der Waals surface area contributed by atoms with Crippen molar-refractivity contribution in [2.24, 2.45) is 0 Å². The standard InChI is InChI=1S/C13H21N3.C2H2O4/c1-2-16-9-3-4-13(16)11-15-10-12-5-7-14-8-6-12;3-1(4)2(5)6/h5-8,13,15H,2-4,9-11H2,1H3;(H,3,4)(H,5,6). The van der Waals surface area contributed by atoms with Gasteiger partial charge in [0.2, 0.25) is 0 Å². The maximum absolute atomic E-state index is 9.10. The van der Waals surface area contributed by atoms with E-state index in [4.69, 9.17) is 19.8 Å². The number of rotatable bonds is 5. The zero-order chi connectivity index (χ0) is 16.4. The number of hydrogen-bond donors (Lipinski definition) is 3. The molecule has 3 N–H and O–H groups in total. The van der Waals surface area contributed by atoms with Crippen LogP contribution in [0, 0.1) is 0 Å². The van der Waals surface area contributed by atoms with Crippen LogP contribution < -0.4 is 5.32 Å². The number of aliphatic carboxylic acids is 2. The molecule has 0 aromatic carbocycles. The van der Waals surface area contributed by atoms with Crippen LogP contribution in [-0.4, -0.2) is 57.7 Å². The SMILES string of the molecule is CCN1CCCC1CNCc1ccncc1.O=C(O)C(=O)O. The average Bonchev–Trinajstić information content (AvgIpc) is 2.96. The summed E-state index contributed by atoms with van der Waals surface area (Å²) in [5.74, 6) is -3.65. The lowest BCUT2D eigenvalue weighted by Gasteiger charge is -2.22. The molecule has 2 heterocycles. The van der Waals surface area contributed by atoms with Crippen LogP contribution in [0.3, 0.4) is 0 Å². The van der Waals surface area contributed by atoms with Crippen LogP contribution in [0.1, 0.15) is 25.3 Å². The van der Waals surface area contributed by atoms with Gasteiger partial charge in [0.15, 0.2) is 0 Å². The number of nitrogens with one attached hydrogen (secondary N) is 1. The molecule has 22 heavy (non-hydrogen) atoms. The predicted molar refractivity (Wildman–Crippen MR) is 81.5 cm³/mol. The fourth-order valence-electron chi connectivity index (χ4n) is 2.43. The molecule has 0 radical (unpaired) electrons. The lowest BCUT2D eigenvalue weighted by Crippen LogP contribution is -2.37. The van der Waals surface area contributed by atoms with Gasteiger partial charge in [0.05, 0.1) is 0 Å². The molecule has 1 aliphatic rings. The molecule has 1 aromatic heterocycles. The number of hydrogen-bond acceptors (Lipinski definition) is 5. The summed E-state index contributed by atoms with van der Waals surface area (Å²) in [5.41, 5.74) is 1.32. The van der Waals surface area contributed by atoms with Gasteiger partial charge < -0.3 is 15.5 Å². The van der Waals surface area contributed by atoms with E-state index in [1.807, 2.05) is 12.4 Å². The Morgan fingerprint density at radius 3 is 2.50 bits per heavy atom. The van der Waals surface area contributed by atoms with Crippen LogP contribution in [-0.2, 0) is 16.1 Å². The molecular weight excluding hydrogens is 286 g/mol. The number of aromatic nitrogens is 1. The predicted octanol–water partition coefficient (Wildman–Crippen LogP) is 0.811. The number of likely N-dealkylation sites (tertiary alicyclic amines) is 1. The molecule has 1 saturated heterocycles. The third kappa shape index (κ3) is 6.64. The second-order valence-electron chi connectivity index (χ2n) is 5.02. The van der Waals surface area contributed by atoms with E-state index < -0.39 is 11.9 Å². The van der Waals surface area contributed by atoms with Crippen molar-refractivity contribution >= 4 is 11.9 Å². The first-order valence-corrected chi connectivity index (χ1v) is 7.34. The Balaban J connectivity index is 0.000000346. The molecule has 0 spiro atoms. The van der Waals surface area contributed by atoms with Gasteiger partial charge in [-0.05, 0) is 43.6 Å². The Kier molecular flexibility index (Phi) is 8.09. The summed E-state index contributed by atoms with van der Waals surface area (Å²) < 4.78 is 0. The highest BCUT2D eigenvalue weighted by molar-refractivity contribution is 6.27. The molecule has 0 saturated carbocycles. The zero-order valence-corrected chi connectivity index (χ0v) is 12.7. The van der Waals surface area contributed by atoms with Gasteiger partial charge in [-0.2, -0.15) is 0 Å². The lowest BCUT2D eigenvalue weighted by atomic mass is 10.2. The highest BCUT2D eigenvalue weighted by Gasteiger charge is 2.21. The fraction of sp³-hybridized carbons (Fsp3) is 0.533. The maximum atomic E-state index is 9.10. The van der Waals surface area contributed by atoms with Crippen molar-refractivity contribution in [3.63, 3.8) is 0 Å². The lowest BCUT2D eigenvalue weighted by molar-refractivity contribution is -0.159. The van der Waals surface area contributed by atoms with E-state index in [2.05, 4.69) is 34.3 Å². The molecule has 2 rings (SSSR count). The molecule has 0 amide bonds. The molecule has 1 aliphatic heterocycles. The molecule has 1 aromatic rings. The van der Waals surface area contributed by atoms with Crippen LogP contribution in [0.4, 0.5) is 0 Å². The van der Waals surface area contributed by atoms with Crippen molar-refractivity contribution in [2.75, 3.05) is 19.6 Å². The number of carboxylic acids is 2. The van der Waals surface area contributed by atoms with Gasteiger partial charge in [-0.3, -0.25) is 9.88 Å². The van der Waals surface area contributed by atoms with Crippen molar-refractivity contribution in [3.8, 4) is 0 Å². The van der Waals surface area contributed by atoms with Crippen LogP contribution in [0.2, 0.25) is 0 Å². The summed E-state index contributed by atoms with van der Waals surface area (Å²) in [7, 11) is 0. The van der Waals surface area contributed by atoms with Gasteiger partial charge in [-0.1, -0.05) is 6.92 Å². The number of nitrogens with zero attached hydrogens (tertiary/aromatic N) is 2.